The smallest absolute Gasteiger partial charge is 0.355 e. The highest BCUT2D eigenvalue weighted by atomic mass is 19.4. The minimum atomic E-state index is -4.08. The van der Waals surface area contributed by atoms with E-state index < -0.39 is 12.1 Å². The minimum absolute atomic E-state index is 0.128. The van der Waals surface area contributed by atoms with Gasteiger partial charge in [0.2, 0.25) is 0 Å². The molecule has 1 fully saturated rings. The van der Waals surface area contributed by atoms with E-state index in [2.05, 4.69) is 15.3 Å². The first-order chi connectivity index (χ1) is 9.50. The third-order valence-electron chi connectivity index (χ3n) is 3.51. The Balaban J connectivity index is 1.96. The number of hydrogen-bond acceptors (Lipinski definition) is 4. The van der Waals surface area contributed by atoms with Gasteiger partial charge < -0.3 is 10.2 Å². The summed E-state index contributed by atoms with van der Waals surface area (Å²) in [4.78, 5) is 10.4. The molecule has 112 valence electrons. The molecule has 2 heterocycles. The number of aromatic nitrogens is 2. The van der Waals surface area contributed by atoms with Crippen molar-refractivity contribution in [3.05, 3.63) is 18.1 Å². The lowest BCUT2D eigenvalue weighted by Crippen LogP contribution is -2.39. The van der Waals surface area contributed by atoms with Crippen molar-refractivity contribution in [2.45, 2.75) is 32.5 Å². The average molecular weight is 288 g/mol. The maximum atomic E-state index is 12.6. The second-order valence-corrected chi connectivity index (χ2v) is 4.95. The monoisotopic (exact) mass is 288 g/mol. The highest BCUT2D eigenvalue weighted by Crippen LogP contribution is 2.34. The molecule has 0 spiro atoms. The minimum Gasteiger partial charge on any atom is -0.355 e. The van der Waals surface area contributed by atoms with Crippen molar-refractivity contribution in [3.63, 3.8) is 0 Å². The normalized spacial score (nSPS) is 17.5. The van der Waals surface area contributed by atoms with Crippen molar-refractivity contribution in [1.29, 1.82) is 0 Å². The Hall–Kier alpha value is -1.37. The first kappa shape index (κ1) is 15.0. The van der Waals surface area contributed by atoms with Crippen molar-refractivity contribution in [2.24, 2.45) is 5.92 Å². The van der Waals surface area contributed by atoms with Gasteiger partial charge in [0.1, 0.15) is 5.82 Å². The predicted octanol–water partition coefficient (Wildman–Crippen LogP) is 2.36. The molecule has 1 aliphatic heterocycles. The van der Waals surface area contributed by atoms with E-state index in [1.807, 2.05) is 11.8 Å². The summed E-state index contributed by atoms with van der Waals surface area (Å²) in [7, 11) is 0. The summed E-state index contributed by atoms with van der Waals surface area (Å²) < 4.78 is 37.9. The summed E-state index contributed by atoms with van der Waals surface area (Å²) in [6.07, 6.45) is -0.534. The van der Waals surface area contributed by atoms with Crippen molar-refractivity contribution >= 4 is 5.82 Å². The number of rotatable bonds is 4. The largest absolute Gasteiger partial charge is 0.391 e. The molecular formula is C13H19F3N4. The number of nitrogens with zero attached hydrogens (tertiary/aromatic N) is 3. The molecular weight excluding hydrogens is 269 g/mol. The summed E-state index contributed by atoms with van der Waals surface area (Å²) in [5.74, 6) is -0.516. The van der Waals surface area contributed by atoms with Crippen LogP contribution in [0.25, 0.3) is 0 Å². The van der Waals surface area contributed by atoms with Gasteiger partial charge in [-0.05, 0) is 19.4 Å². The molecule has 0 bridgehead atoms. The molecule has 0 atom stereocenters. The Morgan fingerprint density at radius 2 is 2.00 bits per heavy atom. The van der Waals surface area contributed by atoms with E-state index >= 15 is 0 Å². The molecule has 0 radical (unpaired) electrons. The fourth-order valence-electron chi connectivity index (χ4n) is 2.32. The summed E-state index contributed by atoms with van der Waals surface area (Å²) in [6.45, 7) is 4.21. The number of piperidine rings is 1. The first-order valence-electron chi connectivity index (χ1n) is 6.84. The van der Waals surface area contributed by atoms with Crippen molar-refractivity contribution in [1.82, 2.24) is 15.3 Å². The molecule has 0 aromatic carbocycles. The van der Waals surface area contributed by atoms with Crippen LogP contribution in [0, 0.1) is 5.92 Å². The van der Waals surface area contributed by atoms with Gasteiger partial charge in [-0.3, -0.25) is 4.98 Å². The molecule has 0 unspecified atom stereocenters. The van der Waals surface area contributed by atoms with Gasteiger partial charge in [0, 0.05) is 25.8 Å². The summed E-state index contributed by atoms with van der Waals surface area (Å²) in [5.41, 5.74) is 0.808. The molecule has 0 amide bonds. The summed E-state index contributed by atoms with van der Waals surface area (Å²) in [5, 5.41) is 3.15. The number of hydrogen-bond donors (Lipinski definition) is 1. The molecule has 1 aromatic heterocycles. The van der Waals surface area contributed by atoms with Crippen LogP contribution >= 0.6 is 0 Å². The van der Waals surface area contributed by atoms with E-state index in [0.717, 1.165) is 12.2 Å². The van der Waals surface area contributed by atoms with Crippen LogP contribution in [-0.4, -0.2) is 35.8 Å². The fourth-order valence-corrected chi connectivity index (χ4v) is 2.32. The standard InChI is InChI=1S/C13H19F3N4/c1-2-17-7-11-8-18-9-12(19-11)20-5-3-10(4-6-20)13(14,15)16/h8-10,17H,2-7H2,1H3. The lowest BCUT2D eigenvalue weighted by molar-refractivity contribution is -0.179. The number of halogens is 3. The second-order valence-electron chi connectivity index (χ2n) is 4.95. The zero-order valence-corrected chi connectivity index (χ0v) is 11.5. The third-order valence-corrected chi connectivity index (χ3v) is 3.51. The second kappa shape index (κ2) is 6.39. The van der Waals surface area contributed by atoms with E-state index in [0.29, 0.717) is 25.5 Å². The van der Waals surface area contributed by atoms with Crippen LogP contribution in [0.5, 0.6) is 0 Å². The zero-order valence-electron chi connectivity index (χ0n) is 11.5. The quantitative estimate of drug-likeness (QED) is 0.923. The van der Waals surface area contributed by atoms with E-state index in [4.69, 9.17) is 0 Å². The van der Waals surface area contributed by atoms with Crippen LogP contribution in [0.3, 0.4) is 0 Å². The highest BCUT2D eigenvalue weighted by molar-refractivity contribution is 5.36. The van der Waals surface area contributed by atoms with Gasteiger partial charge in [0.25, 0.3) is 0 Å². The lowest BCUT2D eigenvalue weighted by atomic mass is 9.96. The Morgan fingerprint density at radius 3 is 2.60 bits per heavy atom. The van der Waals surface area contributed by atoms with Crippen molar-refractivity contribution < 1.29 is 13.2 Å². The maximum Gasteiger partial charge on any atom is 0.391 e. The Morgan fingerprint density at radius 1 is 1.30 bits per heavy atom. The molecule has 0 aliphatic carbocycles. The van der Waals surface area contributed by atoms with Gasteiger partial charge in [-0.25, -0.2) is 4.98 Å². The van der Waals surface area contributed by atoms with E-state index in [1.165, 1.54) is 0 Å². The molecule has 2 rings (SSSR count). The third kappa shape index (κ3) is 3.82. The molecule has 1 aliphatic rings. The molecule has 7 heteroatoms. The highest BCUT2D eigenvalue weighted by Gasteiger charge is 2.41. The van der Waals surface area contributed by atoms with Crippen LogP contribution < -0.4 is 10.2 Å². The molecule has 1 saturated heterocycles. The number of nitrogens with one attached hydrogen (secondary N) is 1. The van der Waals surface area contributed by atoms with Gasteiger partial charge in [0.05, 0.1) is 17.8 Å². The molecule has 0 saturated carbocycles. The Bertz CT molecular complexity index is 428. The van der Waals surface area contributed by atoms with Crippen molar-refractivity contribution in [3.8, 4) is 0 Å². The van der Waals surface area contributed by atoms with Crippen LogP contribution in [0.4, 0.5) is 19.0 Å². The van der Waals surface area contributed by atoms with Crippen molar-refractivity contribution in [2.75, 3.05) is 24.5 Å². The number of anilines is 1. The van der Waals surface area contributed by atoms with Gasteiger partial charge in [-0.15, -0.1) is 0 Å². The molecule has 20 heavy (non-hydrogen) atoms. The fraction of sp³-hybridized carbons (Fsp3) is 0.692. The van der Waals surface area contributed by atoms with Gasteiger partial charge >= 0.3 is 6.18 Å². The van der Waals surface area contributed by atoms with Gasteiger partial charge in [-0.2, -0.15) is 13.2 Å². The van der Waals surface area contributed by atoms with Crippen LogP contribution in [0.1, 0.15) is 25.5 Å². The van der Waals surface area contributed by atoms with E-state index in [9.17, 15) is 13.2 Å². The summed E-state index contributed by atoms with van der Waals surface area (Å²) >= 11 is 0. The first-order valence-corrected chi connectivity index (χ1v) is 6.84. The van der Waals surface area contributed by atoms with E-state index in [-0.39, 0.29) is 12.8 Å². The molecule has 4 nitrogen and oxygen atoms in total. The molecule has 1 aromatic rings. The van der Waals surface area contributed by atoms with Gasteiger partial charge in [-0.1, -0.05) is 6.92 Å². The summed E-state index contributed by atoms with van der Waals surface area (Å²) in [6, 6.07) is 0. The molecule has 1 N–H and O–H groups in total. The number of alkyl halides is 3. The SMILES string of the molecule is CCNCc1cncc(N2CCC(C(F)(F)F)CC2)n1. The van der Waals surface area contributed by atoms with Crippen LogP contribution in [-0.2, 0) is 6.54 Å². The zero-order chi connectivity index (χ0) is 14.6. The maximum absolute atomic E-state index is 12.6. The van der Waals surface area contributed by atoms with Gasteiger partial charge in [0.15, 0.2) is 0 Å². The Kier molecular flexibility index (Phi) is 4.80. The predicted molar refractivity (Wildman–Crippen MR) is 70.4 cm³/mol. The van der Waals surface area contributed by atoms with Crippen LogP contribution in [0.2, 0.25) is 0 Å². The topological polar surface area (TPSA) is 41.1 Å². The lowest BCUT2D eigenvalue weighted by Gasteiger charge is -2.33. The Labute approximate surface area is 116 Å². The average Bonchev–Trinajstić information content (AvgIpc) is 2.45. The van der Waals surface area contributed by atoms with Crippen LogP contribution in [0.15, 0.2) is 12.4 Å². The van der Waals surface area contributed by atoms with E-state index in [1.54, 1.807) is 12.4 Å².